The number of carboxylic acid groups (broad SMARTS) is 1. The van der Waals surface area contributed by atoms with E-state index in [9.17, 15) is 14.7 Å². The van der Waals surface area contributed by atoms with Gasteiger partial charge < -0.3 is 16.2 Å². The zero-order valence-electron chi connectivity index (χ0n) is 11.5. The number of amides is 1. The molecule has 1 atom stereocenters. The van der Waals surface area contributed by atoms with Gasteiger partial charge in [-0.3, -0.25) is 4.79 Å². The van der Waals surface area contributed by atoms with Gasteiger partial charge in [0, 0.05) is 6.54 Å². The molecule has 1 rings (SSSR count). The van der Waals surface area contributed by atoms with Gasteiger partial charge in [-0.2, -0.15) is 0 Å². The fraction of sp³-hybridized carbons (Fsp3) is 0.429. The van der Waals surface area contributed by atoms with Crippen LogP contribution in [0, 0.1) is 12.3 Å². The Hall–Kier alpha value is -1.88. The lowest BCUT2D eigenvalue weighted by Gasteiger charge is -2.25. The summed E-state index contributed by atoms with van der Waals surface area (Å²) in [5.74, 6) is -1.31. The summed E-state index contributed by atoms with van der Waals surface area (Å²) >= 11 is 0. The number of carbonyl (C=O) groups excluding carboxylic acids is 1. The SMILES string of the molecule is CCC(C)(CN)C(=O)Nc1cccc(C)c1C(=O)O. The summed E-state index contributed by atoms with van der Waals surface area (Å²) in [6.45, 7) is 5.55. The first-order valence-corrected chi connectivity index (χ1v) is 6.20. The predicted octanol–water partition coefficient (Wildman–Crippen LogP) is 2.01. The third-order valence-corrected chi connectivity index (χ3v) is 3.51. The molecule has 1 aromatic carbocycles. The Morgan fingerprint density at radius 3 is 2.53 bits per heavy atom. The van der Waals surface area contributed by atoms with Crippen molar-refractivity contribution in [1.82, 2.24) is 0 Å². The van der Waals surface area contributed by atoms with Crippen molar-refractivity contribution in [3.63, 3.8) is 0 Å². The normalized spacial score (nSPS) is 13.7. The van der Waals surface area contributed by atoms with Crippen LogP contribution in [0.1, 0.15) is 36.2 Å². The van der Waals surface area contributed by atoms with E-state index in [0.29, 0.717) is 17.7 Å². The van der Waals surface area contributed by atoms with Crippen molar-refractivity contribution in [2.75, 3.05) is 11.9 Å². The molecule has 5 heteroatoms. The third kappa shape index (κ3) is 3.12. The molecule has 0 heterocycles. The van der Waals surface area contributed by atoms with E-state index in [-0.39, 0.29) is 18.0 Å². The molecule has 0 aliphatic rings. The third-order valence-electron chi connectivity index (χ3n) is 3.51. The van der Waals surface area contributed by atoms with Gasteiger partial charge in [0.05, 0.1) is 16.7 Å². The van der Waals surface area contributed by atoms with Crippen LogP contribution in [0.25, 0.3) is 0 Å². The summed E-state index contributed by atoms with van der Waals surface area (Å²) in [5, 5.41) is 11.9. The van der Waals surface area contributed by atoms with Crippen LogP contribution in [0.4, 0.5) is 5.69 Å². The van der Waals surface area contributed by atoms with Gasteiger partial charge in [0.1, 0.15) is 0 Å². The zero-order valence-corrected chi connectivity index (χ0v) is 11.5. The minimum atomic E-state index is -1.06. The van der Waals surface area contributed by atoms with Crippen LogP contribution >= 0.6 is 0 Å². The molecule has 0 aromatic heterocycles. The predicted molar refractivity (Wildman–Crippen MR) is 74.2 cm³/mol. The molecule has 0 radical (unpaired) electrons. The molecular weight excluding hydrogens is 244 g/mol. The van der Waals surface area contributed by atoms with Crippen molar-refractivity contribution in [3.05, 3.63) is 29.3 Å². The topological polar surface area (TPSA) is 92.4 Å². The van der Waals surface area contributed by atoms with Gasteiger partial charge in [0.25, 0.3) is 0 Å². The second-order valence-corrected chi connectivity index (χ2v) is 4.88. The van der Waals surface area contributed by atoms with Gasteiger partial charge in [-0.25, -0.2) is 4.79 Å². The Morgan fingerprint density at radius 2 is 2.05 bits per heavy atom. The van der Waals surface area contributed by atoms with Crippen LogP contribution in [0.2, 0.25) is 0 Å². The monoisotopic (exact) mass is 264 g/mol. The van der Waals surface area contributed by atoms with Crippen LogP contribution in [-0.4, -0.2) is 23.5 Å². The van der Waals surface area contributed by atoms with E-state index >= 15 is 0 Å². The van der Waals surface area contributed by atoms with Gasteiger partial charge in [0.2, 0.25) is 5.91 Å². The summed E-state index contributed by atoms with van der Waals surface area (Å²) in [5.41, 5.74) is 5.96. The maximum absolute atomic E-state index is 12.2. The van der Waals surface area contributed by atoms with Crippen molar-refractivity contribution in [1.29, 1.82) is 0 Å². The van der Waals surface area contributed by atoms with Crippen LogP contribution in [0.3, 0.4) is 0 Å². The highest BCUT2D eigenvalue weighted by atomic mass is 16.4. The van der Waals surface area contributed by atoms with Crippen LogP contribution < -0.4 is 11.1 Å². The molecule has 0 fully saturated rings. The molecule has 4 N–H and O–H groups in total. The quantitative estimate of drug-likeness (QED) is 0.758. The van der Waals surface area contributed by atoms with Crippen LogP contribution in [-0.2, 0) is 4.79 Å². The van der Waals surface area contributed by atoms with E-state index in [2.05, 4.69) is 5.32 Å². The number of aromatic carboxylic acids is 1. The summed E-state index contributed by atoms with van der Waals surface area (Å²) in [7, 11) is 0. The van der Waals surface area contributed by atoms with Crippen molar-refractivity contribution in [2.24, 2.45) is 11.1 Å². The molecule has 104 valence electrons. The van der Waals surface area contributed by atoms with E-state index in [4.69, 9.17) is 5.73 Å². The Balaban J connectivity index is 3.10. The van der Waals surface area contributed by atoms with E-state index < -0.39 is 11.4 Å². The second kappa shape index (κ2) is 5.84. The summed E-state index contributed by atoms with van der Waals surface area (Å²) in [6, 6.07) is 4.99. The van der Waals surface area contributed by atoms with Gasteiger partial charge in [-0.1, -0.05) is 19.1 Å². The molecule has 1 amide bonds. The average molecular weight is 264 g/mol. The van der Waals surface area contributed by atoms with Crippen molar-refractivity contribution >= 4 is 17.6 Å². The van der Waals surface area contributed by atoms with Gasteiger partial charge in [-0.05, 0) is 31.9 Å². The van der Waals surface area contributed by atoms with E-state index in [1.165, 1.54) is 0 Å². The highest BCUT2D eigenvalue weighted by Gasteiger charge is 2.30. The minimum Gasteiger partial charge on any atom is -0.478 e. The number of nitrogens with two attached hydrogens (primary N) is 1. The number of hydrogen-bond donors (Lipinski definition) is 3. The fourth-order valence-corrected chi connectivity index (χ4v) is 1.73. The summed E-state index contributed by atoms with van der Waals surface area (Å²) < 4.78 is 0. The molecule has 0 spiro atoms. The molecule has 0 aliphatic heterocycles. The second-order valence-electron chi connectivity index (χ2n) is 4.88. The standard InChI is InChI=1S/C14H20N2O3/c1-4-14(3,8-15)13(19)16-10-7-5-6-9(2)11(10)12(17)18/h5-7H,4,8,15H2,1-3H3,(H,16,19)(H,17,18). The first-order valence-electron chi connectivity index (χ1n) is 6.20. The lowest BCUT2D eigenvalue weighted by molar-refractivity contribution is -0.124. The lowest BCUT2D eigenvalue weighted by Crippen LogP contribution is -2.39. The van der Waals surface area contributed by atoms with Crippen LogP contribution in [0.15, 0.2) is 18.2 Å². The maximum atomic E-state index is 12.2. The Labute approximate surface area is 112 Å². The Bertz CT molecular complexity index is 493. The molecule has 1 aromatic rings. The van der Waals surface area contributed by atoms with Gasteiger partial charge in [0.15, 0.2) is 0 Å². The number of carbonyl (C=O) groups is 2. The molecule has 19 heavy (non-hydrogen) atoms. The largest absolute Gasteiger partial charge is 0.478 e. The number of carboxylic acids is 1. The number of rotatable bonds is 5. The molecule has 1 unspecified atom stereocenters. The minimum absolute atomic E-state index is 0.117. The molecule has 0 bridgehead atoms. The summed E-state index contributed by atoms with van der Waals surface area (Å²) in [6.07, 6.45) is 0.587. The smallest absolute Gasteiger partial charge is 0.338 e. The zero-order chi connectivity index (χ0) is 14.6. The first-order chi connectivity index (χ1) is 8.85. The lowest BCUT2D eigenvalue weighted by atomic mass is 9.86. The molecule has 0 aliphatic carbocycles. The first kappa shape index (κ1) is 15.2. The number of anilines is 1. The highest BCUT2D eigenvalue weighted by molar-refractivity contribution is 6.03. The molecule has 0 saturated carbocycles. The van der Waals surface area contributed by atoms with Crippen LogP contribution in [0.5, 0.6) is 0 Å². The Kier molecular flexibility index (Phi) is 4.67. The van der Waals surface area contributed by atoms with E-state index in [0.717, 1.165) is 0 Å². The van der Waals surface area contributed by atoms with Crippen molar-refractivity contribution in [2.45, 2.75) is 27.2 Å². The van der Waals surface area contributed by atoms with E-state index in [1.54, 1.807) is 32.0 Å². The highest BCUT2D eigenvalue weighted by Crippen LogP contribution is 2.25. The van der Waals surface area contributed by atoms with Gasteiger partial charge >= 0.3 is 5.97 Å². The number of benzene rings is 1. The molecule has 0 saturated heterocycles. The fourth-order valence-electron chi connectivity index (χ4n) is 1.73. The molecular formula is C14H20N2O3. The van der Waals surface area contributed by atoms with Crippen molar-refractivity contribution in [3.8, 4) is 0 Å². The van der Waals surface area contributed by atoms with Crippen molar-refractivity contribution < 1.29 is 14.7 Å². The van der Waals surface area contributed by atoms with Gasteiger partial charge in [-0.15, -0.1) is 0 Å². The average Bonchev–Trinajstić information content (AvgIpc) is 2.37. The number of nitrogens with one attached hydrogen (secondary N) is 1. The molecule has 5 nitrogen and oxygen atoms in total. The maximum Gasteiger partial charge on any atom is 0.338 e. The van der Waals surface area contributed by atoms with E-state index in [1.807, 2.05) is 6.92 Å². The number of aryl methyl sites for hydroxylation is 1. The Morgan fingerprint density at radius 1 is 1.42 bits per heavy atom. The number of hydrogen-bond acceptors (Lipinski definition) is 3. The summed E-state index contributed by atoms with van der Waals surface area (Å²) in [4.78, 5) is 23.4.